The molecular formula is C26H19Br2IN2O4. The van der Waals surface area contributed by atoms with E-state index in [-0.39, 0.29) is 5.57 Å². The lowest BCUT2D eigenvalue weighted by Crippen LogP contribution is -2.54. The van der Waals surface area contributed by atoms with Crippen LogP contribution in [0.15, 0.2) is 69.1 Å². The van der Waals surface area contributed by atoms with Crippen molar-refractivity contribution in [3.05, 3.63) is 94.9 Å². The van der Waals surface area contributed by atoms with E-state index in [1.807, 2.05) is 38.1 Å². The molecule has 1 aliphatic rings. The van der Waals surface area contributed by atoms with Gasteiger partial charge in [-0.05, 0) is 105 Å². The Morgan fingerprint density at radius 2 is 1.77 bits per heavy atom. The van der Waals surface area contributed by atoms with E-state index in [9.17, 15) is 14.4 Å². The molecule has 1 N–H and O–H groups in total. The fourth-order valence-corrected chi connectivity index (χ4v) is 5.60. The molecule has 0 radical (unpaired) electrons. The number of nitrogens with zero attached hydrogens (tertiary/aromatic N) is 1. The van der Waals surface area contributed by atoms with Crippen molar-refractivity contribution in [2.75, 3.05) is 4.90 Å². The Hall–Kier alpha value is -2.50. The number of benzene rings is 3. The molecule has 9 heteroatoms. The van der Waals surface area contributed by atoms with Gasteiger partial charge < -0.3 is 4.74 Å². The Morgan fingerprint density at radius 3 is 2.46 bits per heavy atom. The second-order valence-corrected chi connectivity index (χ2v) is 10.9. The van der Waals surface area contributed by atoms with E-state index in [1.165, 1.54) is 6.08 Å². The van der Waals surface area contributed by atoms with Gasteiger partial charge in [-0.1, -0.05) is 45.8 Å². The van der Waals surface area contributed by atoms with E-state index in [1.54, 1.807) is 24.3 Å². The molecule has 6 nitrogen and oxygen atoms in total. The van der Waals surface area contributed by atoms with Gasteiger partial charge in [0.25, 0.3) is 11.8 Å². The maximum absolute atomic E-state index is 13.2. The summed E-state index contributed by atoms with van der Waals surface area (Å²) in [7, 11) is 0. The Morgan fingerprint density at radius 1 is 1.00 bits per heavy atom. The van der Waals surface area contributed by atoms with Crippen LogP contribution in [-0.2, 0) is 16.2 Å². The first kappa shape index (κ1) is 25.6. The van der Waals surface area contributed by atoms with Crippen LogP contribution in [0.4, 0.5) is 10.5 Å². The Balaban J connectivity index is 1.62. The third-order valence-electron chi connectivity index (χ3n) is 5.30. The summed E-state index contributed by atoms with van der Waals surface area (Å²) in [5.41, 5.74) is 3.91. The maximum Gasteiger partial charge on any atom is 0.335 e. The van der Waals surface area contributed by atoms with E-state index in [4.69, 9.17) is 4.74 Å². The zero-order valence-electron chi connectivity index (χ0n) is 18.7. The topological polar surface area (TPSA) is 75.7 Å². The lowest BCUT2D eigenvalue weighted by Gasteiger charge is -2.26. The number of rotatable bonds is 5. The van der Waals surface area contributed by atoms with E-state index in [2.05, 4.69) is 65.8 Å². The highest BCUT2D eigenvalue weighted by Crippen LogP contribution is 2.34. The van der Waals surface area contributed by atoms with Crippen molar-refractivity contribution in [1.29, 1.82) is 0 Å². The molecule has 0 aromatic heterocycles. The van der Waals surface area contributed by atoms with Crippen molar-refractivity contribution in [2.45, 2.75) is 20.5 Å². The van der Waals surface area contributed by atoms with Crippen LogP contribution in [0.2, 0.25) is 0 Å². The number of hydrogen-bond donors (Lipinski definition) is 1. The monoisotopic (exact) mass is 708 g/mol. The van der Waals surface area contributed by atoms with Gasteiger partial charge in [-0.3, -0.25) is 14.9 Å². The summed E-state index contributed by atoms with van der Waals surface area (Å²) in [5.74, 6) is -0.766. The van der Waals surface area contributed by atoms with Crippen molar-refractivity contribution in [3.8, 4) is 5.75 Å². The summed E-state index contributed by atoms with van der Waals surface area (Å²) < 4.78 is 8.36. The highest BCUT2D eigenvalue weighted by atomic mass is 127. The average Bonchev–Trinajstić information content (AvgIpc) is 2.78. The number of hydrogen-bond acceptors (Lipinski definition) is 4. The van der Waals surface area contributed by atoms with Gasteiger partial charge >= 0.3 is 6.03 Å². The predicted octanol–water partition coefficient (Wildman–Crippen LogP) is 6.68. The minimum absolute atomic E-state index is 0.138. The van der Waals surface area contributed by atoms with Crippen molar-refractivity contribution in [3.63, 3.8) is 0 Å². The SMILES string of the molecule is Cc1cccc(COc2c(Br)cc(/C=C3\C(=O)NC(=O)N(c4ccc(Br)c(C)c4)C3=O)cc2I)c1. The molecule has 1 saturated heterocycles. The number of halogens is 3. The van der Waals surface area contributed by atoms with Crippen LogP contribution >= 0.6 is 54.5 Å². The van der Waals surface area contributed by atoms with Gasteiger partial charge in [0.05, 0.1) is 13.7 Å². The molecule has 3 aromatic rings. The molecule has 0 atom stereocenters. The number of carbonyl (C=O) groups is 3. The molecule has 0 unspecified atom stereocenters. The van der Waals surface area contributed by atoms with Gasteiger partial charge in [0.15, 0.2) is 0 Å². The minimum Gasteiger partial charge on any atom is -0.487 e. The highest BCUT2D eigenvalue weighted by Gasteiger charge is 2.37. The molecule has 178 valence electrons. The minimum atomic E-state index is -0.783. The van der Waals surface area contributed by atoms with Crippen LogP contribution in [0.1, 0.15) is 22.3 Å². The fraction of sp³-hybridized carbons (Fsp3) is 0.115. The molecule has 0 spiro atoms. The third-order valence-corrected chi connectivity index (χ3v) is 7.58. The molecular weight excluding hydrogens is 691 g/mol. The molecule has 4 amide bonds. The van der Waals surface area contributed by atoms with E-state index in [0.29, 0.717) is 28.1 Å². The van der Waals surface area contributed by atoms with E-state index >= 15 is 0 Å². The molecule has 1 fully saturated rings. The quantitative estimate of drug-likeness (QED) is 0.182. The number of amides is 4. The number of carbonyl (C=O) groups excluding carboxylic acids is 3. The number of barbiturate groups is 1. The number of nitrogens with one attached hydrogen (secondary N) is 1. The summed E-state index contributed by atoms with van der Waals surface area (Å²) in [6.07, 6.45) is 1.47. The van der Waals surface area contributed by atoms with Gasteiger partial charge in [-0.25, -0.2) is 9.69 Å². The molecule has 1 heterocycles. The van der Waals surface area contributed by atoms with Gasteiger partial charge in [0.1, 0.15) is 17.9 Å². The summed E-state index contributed by atoms with van der Waals surface area (Å²) in [6, 6.07) is 16.0. The molecule has 4 rings (SSSR count). The first-order valence-corrected chi connectivity index (χ1v) is 13.2. The van der Waals surface area contributed by atoms with Gasteiger partial charge in [-0.15, -0.1) is 0 Å². The summed E-state index contributed by atoms with van der Waals surface area (Å²) in [6.45, 7) is 4.28. The largest absolute Gasteiger partial charge is 0.487 e. The Labute approximate surface area is 233 Å². The van der Waals surface area contributed by atoms with Crippen LogP contribution < -0.4 is 15.0 Å². The number of aryl methyl sites for hydroxylation is 2. The fourth-order valence-electron chi connectivity index (χ4n) is 3.58. The van der Waals surface area contributed by atoms with Gasteiger partial charge in [0, 0.05) is 4.47 Å². The van der Waals surface area contributed by atoms with E-state index in [0.717, 1.165) is 29.6 Å². The standard InChI is InChI=1S/C26H19Br2IN2O4/c1-14-4-3-5-16(8-14)13-35-23-21(28)11-17(12-22(23)29)10-19-24(32)30-26(34)31(25(19)33)18-6-7-20(27)15(2)9-18/h3-12H,13H2,1-2H3,(H,30,32,34)/b19-10+. The number of anilines is 1. The van der Waals surface area contributed by atoms with Gasteiger partial charge in [-0.2, -0.15) is 0 Å². The number of imide groups is 2. The van der Waals surface area contributed by atoms with Crippen LogP contribution in [0.25, 0.3) is 6.08 Å². The van der Waals surface area contributed by atoms with Crippen molar-refractivity contribution in [1.82, 2.24) is 5.32 Å². The second-order valence-electron chi connectivity index (χ2n) is 7.98. The van der Waals surface area contributed by atoms with Crippen molar-refractivity contribution < 1.29 is 19.1 Å². The van der Waals surface area contributed by atoms with Crippen molar-refractivity contribution in [2.24, 2.45) is 0 Å². The van der Waals surface area contributed by atoms with Crippen LogP contribution in [0.5, 0.6) is 5.75 Å². The Kier molecular flexibility index (Phi) is 7.77. The Bertz CT molecular complexity index is 1380. The van der Waals surface area contributed by atoms with Crippen molar-refractivity contribution >= 4 is 84.1 Å². The van der Waals surface area contributed by atoms with E-state index < -0.39 is 17.8 Å². The first-order chi connectivity index (χ1) is 16.6. The normalized spacial score (nSPS) is 14.9. The molecule has 0 bridgehead atoms. The second kappa shape index (κ2) is 10.6. The number of ether oxygens (including phenoxy) is 1. The number of urea groups is 1. The molecule has 35 heavy (non-hydrogen) atoms. The van der Waals surface area contributed by atoms with Crippen LogP contribution in [0, 0.1) is 17.4 Å². The van der Waals surface area contributed by atoms with Gasteiger partial charge in [0.2, 0.25) is 0 Å². The predicted molar refractivity (Wildman–Crippen MR) is 150 cm³/mol. The summed E-state index contributed by atoms with van der Waals surface area (Å²) in [4.78, 5) is 39.2. The molecule has 1 aliphatic heterocycles. The average molecular weight is 710 g/mol. The summed E-state index contributed by atoms with van der Waals surface area (Å²) >= 11 is 9.10. The zero-order chi connectivity index (χ0) is 25.3. The lowest BCUT2D eigenvalue weighted by molar-refractivity contribution is -0.122. The molecule has 3 aromatic carbocycles. The summed E-state index contributed by atoms with van der Waals surface area (Å²) in [5, 5.41) is 2.26. The van der Waals surface area contributed by atoms with Crippen LogP contribution in [-0.4, -0.2) is 17.8 Å². The first-order valence-electron chi connectivity index (χ1n) is 10.5. The smallest absolute Gasteiger partial charge is 0.335 e. The zero-order valence-corrected chi connectivity index (χ0v) is 24.0. The maximum atomic E-state index is 13.2. The third kappa shape index (κ3) is 5.68. The molecule has 0 saturated carbocycles. The highest BCUT2D eigenvalue weighted by molar-refractivity contribution is 14.1. The van der Waals surface area contributed by atoms with Crippen LogP contribution in [0.3, 0.4) is 0 Å². The molecule has 0 aliphatic carbocycles. The lowest BCUT2D eigenvalue weighted by atomic mass is 10.1.